The third-order valence-corrected chi connectivity index (χ3v) is 0.879. The number of thiol groups is 1. The minimum atomic E-state index is -0.467. The number of hydrogen-bond acceptors (Lipinski definition) is 2. The fraction of sp³-hybridized carbons (Fsp3) is 0.800. The standard InChI is InChI=1S/C5H12FN3S/c1-4(10)9-5(7)8-3-2-6/h4,10H,2-3H2,1H3,(H3,7,8,9). The molecule has 0 fully saturated rings. The fourth-order valence-corrected chi connectivity index (χ4v) is 0.561. The Bertz CT molecular complexity index is 107. The summed E-state index contributed by atoms with van der Waals surface area (Å²) in [5.41, 5.74) is 0. The molecule has 1 unspecified atom stereocenters. The van der Waals surface area contributed by atoms with Crippen LogP contribution in [0.2, 0.25) is 0 Å². The SMILES string of the molecule is CC(S)NC(=N)NCCF. The Labute approximate surface area is 65.3 Å². The first-order valence-electron chi connectivity index (χ1n) is 3.00. The van der Waals surface area contributed by atoms with Gasteiger partial charge in [-0.3, -0.25) is 5.41 Å². The van der Waals surface area contributed by atoms with Crippen LogP contribution in [0.5, 0.6) is 0 Å². The van der Waals surface area contributed by atoms with Crippen molar-refractivity contribution < 1.29 is 4.39 Å². The maximum Gasteiger partial charge on any atom is 0.189 e. The summed E-state index contributed by atoms with van der Waals surface area (Å²) in [6.45, 7) is 1.49. The zero-order valence-electron chi connectivity index (χ0n) is 5.82. The van der Waals surface area contributed by atoms with E-state index in [2.05, 4.69) is 23.3 Å². The van der Waals surface area contributed by atoms with Gasteiger partial charge < -0.3 is 10.6 Å². The summed E-state index contributed by atoms with van der Waals surface area (Å²) < 4.78 is 11.5. The summed E-state index contributed by atoms with van der Waals surface area (Å²) in [6, 6.07) is 0. The van der Waals surface area contributed by atoms with Crippen LogP contribution in [0.4, 0.5) is 4.39 Å². The quantitative estimate of drug-likeness (QED) is 0.211. The van der Waals surface area contributed by atoms with Crippen LogP contribution in [0.25, 0.3) is 0 Å². The molecular formula is C5H12FN3S. The molecule has 0 aromatic heterocycles. The van der Waals surface area contributed by atoms with Gasteiger partial charge >= 0.3 is 0 Å². The van der Waals surface area contributed by atoms with Gasteiger partial charge in [-0.1, -0.05) is 0 Å². The van der Waals surface area contributed by atoms with Crippen LogP contribution in [0, 0.1) is 5.41 Å². The van der Waals surface area contributed by atoms with E-state index in [1.54, 1.807) is 6.92 Å². The van der Waals surface area contributed by atoms with Gasteiger partial charge in [-0.25, -0.2) is 4.39 Å². The summed E-state index contributed by atoms with van der Waals surface area (Å²) in [7, 11) is 0. The van der Waals surface area contributed by atoms with Crippen LogP contribution in [0.1, 0.15) is 6.92 Å². The summed E-state index contributed by atoms with van der Waals surface area (Å²) >= 11 is 3.97. The van der Waals surface area contributed by atoms with Crippen LogP contribution >= 0.6 is 12.6 Å². The van der Waals surface area contributed by atoms with E-state index in [0.29, 0.717) is 0 Å². The number of nitrogens with one attached hydrogen (secondary N) is 3. The molecule has 0 heterocycles. The lowest BCUT2D eigenvalue weighted by molar-refractivity contribution is 0.489. The van der Waals surface area contributed by atoms with Gasteiger partial charge in [0.25, 0.3) is 0 Å². The van der Waals surface area contributed by atoms with E-state index in [4.69, 9.17) is 5.41 Å². The number of alkyl halides is 1. The Morgan fingerprint density at radius 2 is 2.40 bits per heavy atom. The first-order valence-corrected chi connectivity index (χ1v) is 3.51. The second kappa shape index (κ2) is 5.34. The highest BCUT2D eigenvalue weighted by Gasteiger charge is 1.95. The highest BCUT2D eigenvalue weighted by Crippen LogP contribution is 1.83. The van der Waals surface area contributed by atoms with E-state index in [1.165, 1.54) is 0 Å². The highest BCUT2D eigenvalue weighted by atomic mass is 32.1. The van der Waals surface area contributed by atoms with Gasteiger partial charge in [0.2, 0.25) is 0 Å². The zero-order chi connectivity index (χ0) is 7.98. The van der Waals surface area contributed by atoms with Crippen molar-refractivity contribution in [1.29, 1.82) is 5.41 Å². The van der Waals surface area contributed by atoms with Crippen LogP contribution in [0.15, 0.2) is 0 Å². The van der Waals surface area contributed by atoms with Gasteiger partial charge in [-0.15, -0.1) is 0 Å². The summed E-state index contributed by atoms with van der Waals surface area (Å²) in [5, 5.41) is 12.2. The topological polar surface area (TPSA) is 47.9 Å². The molecule has 0 radical (unpaired) electrons. The molecule has 5 heteroatoms. The van der Waals surface area contributed by atoms with Crippen LogP contribution < -0.4 is 10.6 Å². The van der Waals surface area contributed by atoms with E-state index in [9.17, 15) is 4.39 Å². The van der Waals surface area contributed by atoms with Gasteiger partial charge in [-0.05, 0) is 6.92 Å². The Balaban J connectivity index is 3.26. The molecule has 0 rings (SSSR count). The molecule has 1 atom stereocenters. The van der Waals surface area contributed by atoms with Gasteiger partial charge in [0, 0.05) is 6.54 Å². The average Bonchev–Trinajstić information content (AvgIpc) is 1.82. The van der Waals surface area contributed by atoms with Crippen molar-refractivity contribution in [3.63, 3.8) is 0 Å². The van der Waals surface area contributed by atoms with E-state index in [1.807, 2.05) is 0 Å². The Morgan fingerprint density at radius 3 is 2.80 bits per heavy atom. The fourth-order valence-electron chi connectivity index (χ4n) is 0.432. The molecule has 0 amide bonds. The third-order valence-electron chi connectivity index (χ3n) is 0.749. The monoisotopic (exact) mass is 165 g/mol. The molecule has 0 saturated carbocycles. The lowest BCUT2D eigenvalue weighted by atomic mass is 10.6. The van der Waals surface area contributed by atoms with Crippen molar-refractivity contribution in [3.8, 4) is 0 Å². The molecule has 60 valence electrons. The molecule has 0 spiro atoms. The average molecular weight is 165 g/mol. The van der Waals surface area contributed by atoms with Crippen molar-refractivity contribution in [2.45, 2.75) is 12.3 Å². The maximum atomic E-state index is 11.5. The maximum absolute atomic E-state index is 11.5. The van der Waals surface area contributed by atoms with Crippen molar-refractivity contribution in [3.05, 3.63) is 0 Å². The molecule has 0 bridgehead atoms. The van der Waals surface area contributed by atoms with Crippen LogP contribution in [0.3, 0.4) is 0 Å². The molecule has 0 aromatic carbocycles. The molecule has 10 heavy (non-hydrogen) atoms. The lowest BCUT2D eigenvalue weighted by Gasteiger charge is -2.10. The van der Waals surface area contributed by atoms with Crippen molar-refractivity contribution >= 4 is 18.6 Å². The molecule has 3 nitrogen and oxygen atoms in total. The first-order chi connectivity index (χ1) is 4.66. The van der Waals surface area contributed by atoms with E-state index < -0.39 is 6.67 Å². The van der Waals surface area contributed by atoms with Gasteiger partial charge in [0.15, 0.2) is 5.96 Å². The van der Waals surface area contributed by atoms with Gasteiger partial charge in [-0.2, -0.15) is 12.6 Å². The number of hydrogen-bond donors (Lipinski definition) is 4. The number of rotatable bonds is 3. The molecule has 0 aliphatic heterocycles. The molecule has 0 saturated heterocycles. The van der Waals surface area contributed by atoms with E-state index >= 15 is 0 Å². The second-order valence-electron chi connectivity index (χ2n) is 1.81. The number of halogens is 1. The zero-order valence-corrected chi connectivity index (χ0v) is 6.71. The van der Waals surface area contributed by atoms with Crippen LogP contribution in [-0.4, -0.2) is 24.6 Å². The second-order valence-corrected chi connectivity index (χ2v) is 2.59. The highest BCUT2D eigenvalue weighted by molar-refractivity contribution is 7.80. The van der Waals surface area contributed by atoms with Crippen molar-refractivity contribution in [1.82, 2.24) is 10.6 Å². The van der Waals surface area contributed by atoms with E-state index in [-0.39, 0.29) is 17.9 Å². The minimum Gasteiger partial charge on any atom is -0.354 e. The first kappa shape index (κ1) is 9.55. The minimum absolute atomic E-state index is 0.0837. The van der Waals surface area contributed by atoms with E-state index in [0.717, 1.165) is 0 Å². The molecular weight excluding hydrogens is 153 g/mol. The summed E-state index contributed by atoms with van der Waals surface area (Å²) in [4.78, 5) is 0. The largest absolute Gasteiger partial charge is 0.354 e. The molecule has 3 N–H and O–H groups in total. The molecule has 0 aliphatic carbocycles. The van der Waals surface area contributed by atoms with Gasteiger partial charge in [0.1, 0.15) is 6.67 Å². The normalized spacial score (nSPS) is 12.3. The van der Waals surface area contributed by atoms with Crippen molar-refractivity contribution in [2.75, 3.05) is 13.2 Å². The summed E-state index contributed by atoms with van der Waals surface area (Å²) in [5.74, 6) is 0.111. The van der Waals surface area contributed by atoms with Crippen LogP contribution in [-0.2, 0) is 0 Å². The Morgan fingerprint density at radius 1 is 1.80 bits per heavy atom. The Kier molecular flexibility index (Phi) is 5.10. The smallest absolute Gasteiger partial charge is 0.189 e. The third kappa shape index (κ3) is 5.68. The molecule has 0 aliphatic rings. The summed E-state index contributed by atoms with van der Waals surface area (Å²) in [6.07, 6.45) is 0. The predicted octanol–water partition coefficient (Wildman–Crippen LogP) is 0.346. The lowest BCUT2D eigenvalue weighted by Crippen LogP contribution is -2.40. The predicted molar refractivity (Wildman–Crippen MR) is 43.3 cm³/mol. The van der Waals surface area contributed by atoms with Gasteiger partial charge in [0.05, 0.1) is 5.37 Å². The molecule has 0 aromatic rings. The van der Waals surface area contributed by atoms with Crippen molar-refractivity contribution in [2.24, 2.45) is 0 Å². The Hall–Kier alpha value is -0.450. The number of guanidine groups is 1.